The zero-order valence-electron chi connectivity index (χ0n) is 12.6. The van der Waals surface area contributed by atoms with E-state index in [-0.39, 0.29) is 24.5 Å². The normalized spacial score (nSPS) is 11.2. The smallest absolute Gasteiger partial charge is 0.416 e. The number of benzene rings is 1. The molecule has 1 aromatic carbocycles. The fourth-order valence-electron chi connectivity index (χ4n) is 1.88. The van der Waals surface area contributed by atoms with Crippen LogP contribution in [0.3, 0.4) is 0 Å². The van der Waals surface area contributed by atoms with Gasteiger partial charge in [-0.2, -0.15) is 18.3 Å². The van der Waals surface area contributed by atoms with Crippen LogP contribution >= 0.6 is 0 Å². The van der Waals surface area contributed by atoms with Crippen LogP contribution in [0.4, 0.5) is 19.0 Å². The molecule has 2 aromatic rings. The highest BCUT2D eigenvalue weighted by atomic mass is 19.4. The van der Waals surface area contributed by atoms with Crippen LogP contribution in [0.5, 0.6) is 0 Å². The predicted octanol–water partition coefficient (Wildman–Crippen LogP) is 2.79. The first kappa shape index (κ1) is 17.5. The number of rotatable bonds is 5. The Bertz CT molecular complexity index is 724. The molecule has 1 amide bonds. The summed E-state index contributed by atoms with van der Waals surface area (Å²) in [6.07, 6.45) is -4.54. The van der Waals surface area contributed by atoms with Gasteiger partial charge in [0.15, 0.2) is 5.82 Å². The van der Waals surface area contributed by atoms with Gasteiger partial charge >= 0.3 is 12.1 Å². The van der Waals surface area contributed by atoms with Crippen LogP contribution in [-0.4, -0.2) is 28.7 Å². The van der Waals surface area contributed by atoms with E-state index in [2.05, 4.69) is 15.5 Å². The van der Waals surface area contributed by atoms with E-state index in [1.807, 2.05) is 0 Å². The number of nitrogens with one attached hydrogen (secondary N) is 2. The van der Waals surface area contributed by atoms with Crippen LogP contribution in [0.1, 0.15) is 28.5 Å². The lowest BCUT2D eigenvalue weighted by molar-refractivity contribution is -0.137. The highest BCUT2D eigenvalue weighted by Gasteiger charge is 2.29. The van der Waals surface area contributed by atoms with Gasteiger partial charge in [0.1, 0.15) is 5.69 Å². The van der Waals surface area contributed by atoms with E-state index in [0.29, 0.717) is 5.56 Å². The minimum Gasteiger partial charge on any atom is -0.461 e. The van der Waals surface area contributed by atoms with E-state index >= 15 is 0 Å². The molecule has 0 spiro atoms. The summed E-state index contributed by atoms with van der Waals surface area (Å²) in [5.41, 5.74) is -0.277. The molecule has 128 valence electrons. The van der Waals surface area contributed by atoms with Gasteiger partial charge in [-0.15, -0.1) is 0 Å². The number of nitrogens with zero attached hydrogens (tertiary/aromatic N) is 1. The summed E-state index contributed by atoms with van der Waals surface area (Å²) in [6, 6.07) is 5.60. The van der Waals surface area contributed by atoms with Crippen molar-refractivity contribution in [3.8, 4) is 0 Å². The molecular formula is C15H14F3N3O3. The van der Waals surface area contributed by atoms with Crippen LogP contribution < -0.4 is 5.32 Å². The van der Waals surface area contributed by atoms with E-state index in [1.54, 1.807) is 6.92 Å². The fourth-order valence-corrected chi connectivity index (χ4v) is 1.88. The van der Waals surface area contributed by atoms with Gasteiger partial charge in [-0.25, -0.2) is 4.79 Å². The molecule has 0 atom stereocenters. The van der Waals surface area contributed by atoms with Gasteiger partial charge in [-0.1, -0.05) is 12.1 Å². The average Bonchev–Trinajstić information content (AvgIpc) is 2.95. The minimum absolute atomic E-state index is 0.0849. The Morgan fingerprint density at radius 2 is 1.92 bits per heavy atom. The third-order valence-corrected chi connectivity index (χ3v) is 2.99. The second kappa shape index (κ2) is 7.16. The number of anilines is 1. The molecule has 0 aliphatic rings. The Balaban J connectivity index is 1.95. The van der Waals surface area contributed by atoms with Crippen LogP contribution in [0.2, 0.25) is 0 Å². The number of aromatic amines is 1. The summed E-state index contributed by atoms with van der Waals surface area (Å²) in [6.45, 7) is 1.86. The van der Waals surface area contributed by atoms with Gasteiger partial charge in [0.05, 0.1) is 18.6 Å². The number of carbonyl (C=O) groups is 2. The highest BCUT2D eigenvalue weighted by Crippen LogP contribution is 2.29. The van der Waals surface area contributed by atoms with Crippen LogP contribution in [0.15, 0.2) is 30.3 Å². The molecule has 0 fully saturated rings. The molecule has 1 heterocycles. The quantitative estimate of drug-likeness (QED) is 0.819. The average molecular weight is 341 g/mol. The van der Waals surface area contributed by atoms with Crippen LogP contribution in [0.25, 0.3) is 0 Å². The van der Waals surface area contributed by atoms with Crippen molar-refractivity contribution in [1.82, 2.24) is 10.2 Å². The summed E-state index contributed by atoms with van der Waals surface area (Å²) in [5, 5.41) is 8.60. The number of ether oxygens (including phenoxy) is 1. The Hall–Kier alpha value is -2.84. The molecule has 0 unspecified atom stereocenters. The van der Waals surface area contributed by atoms with Crippen molar-refractivity contribution in [3.05, 3.63) is 47.2 Å². The topological polar surface area (TPSA) is 84.1 Å². The van der Waals surface area contributed by atoms with Gasteiger partial charge in [0.2, 0.25) is 5.91 Å². The third-order valence-electron chi connectivity index (χ3n) is 2.99. The molecule has 0 aliphatic heterocycles. The van der Waals surface area contributed by atoms with Crippen molar-refractivity contribution in [2.24, 2.45) is 0 Å². The molecule has 9 heteroatoms. The van der Waals surface area contributed by atoms with E-state index in [1.165, 1.54) is 18.2 Å². The van der Waals surface area contributed by atoms with Gasteiger partial charge in [-0.05, 0) is 24.6 Å². The number of alkyl halides is 3. The molecule has 0 saturated carbocycles. The second-order valence-corrected chi connectivity index (χ2v) is 4.81. The first-order valence-corrected chi connectivity index (χ1v) is 6.98. The molecule has 0 bridgehead atoms. The Kier molecular flexibility index (Phi) is 5.22. The lowest BCUT2D eigenvalue weighted by Gasteiger charge is -2.07. The number of hydrogen-bond donors (Lipinski definition) is 2. The van der Waals surface area contributed by atoms with Crippen molar-refractivity contribution in [3.63, 3.8) is 0 Å². The molecule has 2 rings (SSSR count). The third kappa shape index (κ3) is 4.58. The Labute approximate surface area is 135 Å². The molecular weight excluding hydrogens is 327 g/mol. The van der Waals surface area contributed by atoms with Crippen molar-refractivity contribution >= 4 is 17.7 Å². The van der Waals surface area contributed by atoms with Gasteiger partial charge in [0.25, 0.3) is 0 Å². The summed E-state index contributed by atoms with van der Waals surface area (Å²) >= 11 is 0. The molecule has 24 heavy (non-hydrogen) atoms. The SMILES string of the molecule is CCOC(=O)c1cc(NC(=O)Cc2ccc(C(F)(F)F)cc2)n[nH]1. The van der Waals surface area contributed by atoms with Crippen molar-refractivity contribution in [2.45, 2.75) is 19.5 Å². The lowest BCUT2D eigenvalue weighted by atomic mass is 10.1. The predicted molar refractivity (Wildman–Crippen MR) is 78.3 cm³/mol. The number of hydrogen-bond acceptors (Lipinski definition) is 4. The summed E-state index contributed by atoms with van der Waals surface area (Å²) in [4.78, 5) is 23.3. The number of esters is 1. The van der Waals surface area contributed by atoms with Gasteiger partial charge in [-0.3, -0.25) is 9.89 Å². The van der Waals surface area contributed by atoms with Crippen molar-refractivity contribution in [2.75, 3.05) is 11.9 Å². The molecule has 2 N–H and O–H groups in total. The summed E-state index contributed by atoms with van der Waals surface area (Å²) < 4.78 is 42.2. The largest absolute Gasteiger partial charge is 0.461 e. The first-order chi connectivity index (χ1) is 11.3. The van der Waals surface area contributed by atoms with Gasteiger partial charge < -0.3 is 10.1 Å². The fraction of sp³-hybridized carbons (Fsp3) is 0.267. The first-order valence-electron chi connectivity index (χ1n) is 6.98. The molecule has 0 saturated heterocycles. The maximum atomic E-state index is 12.5. The monoisotopic (exact) mass is 341 g/mol. The number of amides is 1. The van der Waals surface area contributed by atoms with Crippen LogP contribution in [-0.2, 0) is 22.1 Å². The number of halogens is 3. The van der Waals surface area contributed by atoms with Crippen LogP contribution in [0, 0.1) is 0 Å². The number of aromatic nitrogens is 2. The molecule has 0 aliphatic carbocycles. The zero-order chi connectivity index (χ0) is 17.7. The standard InChI is InChI=1S/C15H14F3N3O3/c1-2-24-14(23)11-8-12(21-20-11)19-13(22)7-9-3-5-10(6-4-9)15(16,17)18/h3-6,8H,2,7H2,1H3,(H2,19,20,21,22). The zero-order valence-corrected chi connectivity index (χ0v) is 12.6. The van der Waals surface area contributed by atoms with E-state index in [9.17, 15) is 22.8 Å². The van der Waals surface area contributed by atoms with E-state index in [0.717, 1.165) is 12.1 Å². The molecule has 6 nitrogen and oxygen atoms in total. The maximum absolute atomic E-state index is 12.5. The van der Waals surface area contributed by atoms with E-state index in [4.69, 9.17) is 4.74 Å². The molecule has 1 aromatic heterocycles. The van der Waals surface area contributed by atoms with E-state index < -0.39 is 23.6 Å². The van der Waals surface area contributed by atoms with Crippen molar-refractivity contribution in [1.29, 1.82) is 0 Å². The van der Waals surface area contributed by atoms with Crippen molar-refractivity contribution < 1.29 is 27.5 Å². The maximum Gasteiger partial charge on any atom is 0.416 e. The molecule has 0 radical (unpaired) electrons. The lowest BCUT2D eigenvalue weighted by Crippen LogP contribution is -2.15. The number of H-pyrrole nitrogens is 1. The number of carbonyl (C=O) groups excluding carboxylic acids is 2. The Morgan fingerprint density at radius 1 is 1.25 bits per heavy atom. The summed E-state index contributed by atoms with van der Waals surface area (Å²) in [5.74, 6) is -0.958. The van der Waals surface area contributed by atoms with Gasteiger partial charge in [0, 0.05) is 6.07 Å². The Morgan fingerprint density at radius 3 is 2.50 bits per heavy atom. The highest BCUT2D eigenvalue weighted by molar-refractivity contribution is 5.93. The second-order valence-electron chi connectivity index (χ2n) is 4.81. The summed E-state index contributed by atoms with van der Waals surface area (Å²) in [7, 11) is 0. The minimum atomic E-state index is -4.42.